The van der Waals surface area contributed by atoms with Crippen LogP contribution < -0.4 is 10.1 Å². The predicted octanol–water partition coefficient (Wildman–Crippen LogP) is 2.93. The minimum Gasteiger partial charge on any atom is -0.497 e. The smallest absolute Gasteiger partial charge is 0.132 e. The summed E-state index contributed by atoms with van der Waals surface area (Å²) in [4.78, 5) is 9.46. The lowest BCUT2D eigenvalue weighted by Crippen LogP contribution is -2.27. The molecule has 0 aliphatic carbocycles. The average molecular weight is 283 g/mol. The molecule has 0 atom stereocenters. The number of nitrogens with one attached hydrogen (secondary N) is 1. The third-order valence-electron chi connectivity index (χ3n) is 3.96. The molecular formula is C17H21N3O. The van der Waals surface area contributed by atoms with Crippen LogP contribution in [0.5, 0.6) is 5.75 Å². The molecule has 0 amide bonds. The minimum atomic E-state index is 0.475. The molecule has 3 rings (SSSR count). The number of rotatable bonds is 3. The van der Waals surface area contributed by atoms with Crippen LogP contribution in [0.15, 0.2) is 30.3 Å². The van der Waals surface area contributed by atoms with Gasteiger partial charge in [-0.1, -0.05) is 0 Å². The van der Waals surface area contributed by atoms with E-state index < -0.39 is 0 Å². The Hall–Kier alpha value is -1.94. The summed E-state index contributed by atoms with van der Waals surface area (Å²) in [7, 11) is 1.68. The zero-order valence-electron chi connectivity index (χ0n) is 12.6. The summed E-state index contributed by atoms with van der Waals surface area (Å²) >= 11 is 0. The average Bonchev–Trinajstić information content (AvgIpc) is 2.55. The molecule has 2 heterocycles. The van der Waals surface area contributed by atoms with Crippen LogP contribution in [0.25, 0.3) is 11.3 Å². The summed E-state index contributed by atoms with van der Waals surface area (Å²) in [5.74, 6) is 2.33. The van der Waals surface area contributed by atoms with E-state index in [1.54, 1.807) is 7.11 Å². The maximum Gasteiger partial charge on any atom is 0.132 e. The van der Waals surface area contributed by atoms with Crippen molar-refractivity contribution < 1.29 is 4.74 Å². The Kier molecular flexibility index (Phi) is 4.15. The molecule has 1 aromatic heterocycles. The lowest BCUT2D eigenvalue weighted by molar-refractivity contribution is 0.415. The molecule has 0 bridgehead atoms. The number of hydrogen-bond acceptors (Lipinski definition) is 4. The molecule has 1 N–H and O–H groups in total. The van der Waals surface area contributed by atoms with Crippen molar-refractivity contribution in [2.75, 3.05) is 20.2 Å². The van der Waals surface area contributed by atoms with Gasteiger partial charge in [0.2, 0.25) is 0 Å². The van der Waals surface area contributed by atoms with Crippen molar-refractivity contribution in [3.05, 3.63) is 41.9 Å². The first-order chi connectivity index (χ1) is 10.3. The fourth-order valence-electron chi connectivity index (χ4n) is 2.76. The summed E-state index contributed by atoms with van der Waals surface area (Å²) in [5, 5.41) is 3.39. The third-order valence-corrected chi connectivity index (χ3v) is 3.96. The second-order valence-corrected chi connectivity index (χ2v) is 5.51. The molecule has 0 spiro atoms. The molecule has 1 saturated heterocycles. The second-order valence-electron chi connectivity index (χ2n) is 5.51. The predicted molar refractivity (Wildman–Crippen MR) is 83.6 cm³/mol. The highest BCUT2D eigenvalue weighted by atomic mass is 16.5. The fourth-order valence-corrected chi connectivity index (χ4v) is 2.76. The molecule has 1 aliphatic heterocycles. The lowest BCUT2D eigenvalue weighted by atomic mass is 9.97. The van der Waals surface area contributed by atoms with Crippen LogP contribution in [-0.4, -0.2) is 30.2 Å². The molecule has 1 aromatic carbocycles. The summed E-state index contributed by atoms with van der Waals surface area (Å²) in [6.07, 6.45) is 2.23. The summed E-state index contributed by atoms with van der Waals surface area (Å²) in [6, 6.07) is 10.1. The Morgan fingerprint density at radius 3 is 2.48 bits per heavy atom. The van der Waals surface area contributed by atoms with Crippen LogP contribution >= 0.6 is 0 Å². The van der Waals surface area contributed by atoms with E-state index in [9.17, 15) is 0 Å². The second kappa shape index (κ2) is 6.22. The van der Waals surface area contributed by atoms with Gasteiger partial charge in [0.15, 0.2) is 0 Å². The highest BCUT2D eigenvalue weighted by Crippen LogP contribution is 2.26. The Labute approximate surface area is 125 Å². The third kappa shape index (κ3) is 3.22. The quantitative estimate of drug-likeness (QED) is 0.941. The van der Waals surface area contributed by atoms with Gasteiger partial charge < -0.3 is 10.1 Å². The maximum absolute atomic E-state index is 5.21. The van der Waals surface area contributed by atoms with Crippen molar-refractivity contribution in [1.82, 2.24) is 15.3 Å². The molecule has 2 aromatic rings. The standard InChI is InChI=1S/C17H21N3O/c1-12-11-16(13-3-5-15(21-2)6-4-13)20-17(19-12)14-7-9-18-10-8-14/h3-6,11,14,18H,7-10H2,1-2H3. The number of nitrogens with zero attached hydrogens (tertiary/aromatic N) is 2. The minimum absolute atomic E-state index is 0.475. The molecule has 110 valence electrons. The number of benzene rings is 1. The molecular weight excluding hydrogens is 262 g/mol. The van der Waals surface area contributed by atoms with Crippen molar-refractivity contribution in [1.29, 1.82) is 0 Å². The summed E-state index contributed by atoms with van der Waals surface area (Å²) in [5.41, 5.74) is 3.14. The van der Waals surface area contributed by atoms with E-state index in [1.165, 1.54) is 0 Å². The van der Waals surface area contributed by atoms with Gasteiger partial charge in [-0.2, -0.15) is 0 Å². The van der Waals surface area contributed by atoms with Crippen molar-refractivity contribution in [2.45, 2.75) is 25.7 Å². The largest absolute Gasteiger partial charge is 0.497 e. The Bertz CT molecular complexity index is 604. The molecule has 4 nitrogen and oxygen atoms in total. The van der Waals surface area contributed by atoms with E-state index in [0.29, 0.717) is 5.92 Å². The Morgan fingerprint density at radius 1 is 1.10 bits per heavy atom. The summed E-state index contributed by atoms with van der Waals surface area (Å²) in [6.45, 7) is 4.15. The van der Waals surface area contributed by atoms with E-state index >= 15 is 0 Å². The maximum atomic E-state index is 5.21. The molecule has 1 aliphatic rings. The molecule has 1 fully saturated rings. The number of ether oxygens (including phenoxy) is 1. The van der Waals surface area contributed by atoms with E-state index in [4.69, 9.17) is 9.72 Å². The van der Waals surface area contributed by atoms with Gasteiger partial charge >= 0.3 is 0 Å². The lowest BCUT2D eigenvalue weighted by Gasteiger charge is -2.22. The highest BCUT2D eigenvalue weighted by Gasteiger charge is 2.19. The Morgan fingerprint density at radius 2 is 1.81 bits per heavy atom. The van der Waals surface area contributed by atoms with Gasteiger partial charge in [-0.3, -0.25) is 0 Å². The van der Waals surface area contributed by atoms with Crippen LogP contribution in [0, 0.1) is 6.92 Å². The number of hydrogen-bond donors (Lipinski definition) is 1. The van der Waals surface area contributed by atoms with Gasteiger partial charge in [0.25, 0.3) is 0 Å². The van der Waals surface area contributed by atoms with E-state index in [2.05, 4.69) is 10.3 Å². The first-order valence-corrected chi connectivity index (χ1v) is 7.47. The van der Waals surface area contributed by atoms with Crippen molar-refractivity contribution in [2.24, 2.45) is 0 Å². The highest BCUT2D eigenvalue weighted by molar-refractivity contribution is 5.60. The summed E-state index contributed by atoms with van der Waals surface area (Å²) < 4.78 is 5.21. The van der Waals surface area contributed by atoms with Gasteiger partial charge in [-0.25, -0.2) is 9.97 Å². The fraction of sp³-hybridized carbons (Fsp3) is 0.412. The molecule has 4 heteroatoms. The van der Waals surface area contributed by atoms with E-state index in [-0.39, 0.29) is 0 Å². The van der Waals surface area contributed by atoms with Crippen molar-refractivity contribution in [3.8, 4) is 17.0 Å². The van der Waals surface area contributed by atoms with E-state index in [0.717, 1.165) is 54.5 Å². The van der Waals surface area contributed by atoms with Crippen LogP contribution in [0.1, 0.15) is 30.3 Å². The Balaban J connectivity index is 1.92. The number of methoxy groups -OCH3 is 1. The van der Waals surface area contributed by atoms with Gasteiger partial charge in [-0.15, -0.1) is 0 Å². The number of aromatic nitrogens is 2. The van der Waals surface area contributed by atoms with Crippen LogP contribution in [-0.2, 0) is 0 Å². The van der Waals surface area contributed by atoms with Crippen LogP contribution in [0.4, 0.5) is 0 Å². The molecule has 0 radical (unpaired) electrons. The van der Waals surface area contributed by atoms with Gasteiger partial charge in [0.1, 0.15) is 11.6 Å². The molecule has 0 saturated carbocycles. The molecule has 21 heavy (non-hydrogen) atoms. The number of aryl methyl sites for hydroxylation is 1. The SMILES string of the molecule is COc1ccc(-c2cc(C)nc(C3CCNCC3)n2)cc1. The molecule has 0 unspecified atom stereocenters. The normalized spacial score (nSPS) is 15.9. The first kappa shape index (κ1) is 14.0. The van der Waals surface area contributed by atoms with Gasteiger partial charge in [0.05, 0.1) is 12.8 Å². The van der Waals surface area contributed by atoms with Crippen LogP contribution in [0.2, 0.25) is 0 Å². The zero-order chi connectivity index (χ0) is 14.7. The van der Waals surface area contributed by atoms with Gasteiger partial charge in [-0.05, 0) is 63.2 Å². The topological polar surface area (TPSA) is 47.0 Å². The van der Waals surface area contributed by atoms with Crippen molar-refractivity contribution in [3.63, 3.8) is 0 Å². The zero-order valence-corrected chi connectivity index (χ0v) is 12.6. The van der Waals surface area contributed by atoms with Crippen LogP contribution in [0.3, 0.4) is 0 Å². The van der Waals surface area contributed by atoms with Crippen molar-refractivity contribution >= 4 is 0 Å². The van der Waals surface area contributed by atoms with Gasteiger partial charge in [0, 0.05) is 17.2 Å². The number of piperidine rings is 1. The van der Waals surface area contributed by atoms with E-state index in [1.807, 2.05) is 37.3 Å². The first-order valence-electron chi connectivity index (χ1n) is 7.47. The monoisotopic (exact) mass is 283 g/mol.